The lowest BCUT2D eigenvalue weighted by Gasteiger charge is -1.95. The molecule has 0 atom stereocenters. The van der Waals surface area contributed by atoms with Crippen LogP contribution >= 0.6 is 11.3 Å². The molecule has 0 amide bonds. The molecule has 0 aliphatic rings. The van der Waals surface area contributed by atoms with Crippen molar-refractivity contribution < 1.29 is 0 Å². The van der Waals surface area contributed by atoms with Gasteiger partial charge in [-0.2, -0.15) is 0 Å². The van der Waals surface area contributed by atoms with Crippen LogP contribution in [0.3, 0.4) is 0 Å². The first-order valence-electron chi connectivity index (χ1n) is 4.20. The Hall–Kier alpha value is -1.03. The summed E-state index contributed by atoms with van der Waals surface area (Å²) in [5.41, 5.74) is 6.52. The van der Waals surface area contributed by atoms with Crippen molar-refractivity contribution in [3.05, 3.63) is 19.5 Å². The van der Waals surface area contributed by atoms with Gasteiger partial charge in [0.15, 0.2) is 0 Å². The van der Waals surface area contributed by atoms with E-state index in [4.69, 9.17) is 5.73 Å². The fourth-order valence-corrected chi connectivity index (χ4v) is 2.19. The van der Waals surface area contributed by atoms with Gasteiger partial charge in [0, 0.05) is 12.7 Å². The maximum absolute atomic E-state index is 11.6. The molecule has 1 rings (SSSR count). The molecule has 1 heterocycles. The normalized spacial score (nSPS) is 12.1. The molecule has 2 N–H and O–H groups in total. The lowest BCUT2D eigenvalue weighted by atomic mass is 10.4. The molecule has 0 saturated carbocycles. The van der Waals surface area contributed by atoms with Gasteiger partial charge in [-0.05, 0) is 26.3 Å². The van der Waals surface area contributed by atoms with E-state index in [0.717, 1.165) is 10.2 Å². The molecule has 0 aliphatic carbocycles. The van der Waals surface area contributed by atoms with Gasteiger partial charge in [0.05, 0.1) is 4.66 Å². The number of aromatic nitrogens is 1. The molecule has 1 aromatic heterocycles. The van der Waals surface area contributed by atoms with Crippen molar-refractivity contribution in [2.24, 2.45) is 5.73 Å². The van der Waals surface area contributed by atoms with Crippen molar-refractivity contribution in [3.63, 3.8) is 0 Å². The van der Waals surface area contributed by atoms with E-state index in [1.165, 1.54) is 17.5 Å². The van der Waals surface area contributed by atoms with Crippen LogP contribution in [-0.2, 0) is 6.54 Å². The third-order valence-electron chi connectivity index (χ3n) is 1.80. The first-order valence-corrected chi connectivity index (χ1v) is 5.02. The summed E-state index contributed by atoms with van der Waals surface area (Å²) in [5.74, 6) is 0. The maximum Gasteiger partial charge on any atom is 0.270 e. The molecule has 3 nitrogen and oxygen atoms in total. The Bertz CT molecular complexity index is 463. The second-order valence-electron chi connectivity index (χ2n) is 2.99. The average Bonchev–Trinajstić information content (AvgIpc) is 2.42. The van der Waals surface area contributed by atoms with Gasteiger partial charge < -0.3 is 5.73 Å². The highest BCUT2D eigenvalue weighted by Crippen LogP contribution is 1.87. The predicted molar refractivity (Wildman–Crippen MR) is 56.9 cm³/mol. The minimum Gasteiger partial charge on any atom is -0.403 e. The van der Waals surface area contributed by atoms with E-state index in [2.05, 4.69) is 0 Å². The second kappa shape index (κ2) is 3.79. The van der Waals surface area contributed by atoms with Gasteiger partial charge in [-0.15, -0.1) is 11.3 Å². The Labute approximate surface area is 80.8 Å². The molecule has 0 fully saturated rings. The van der Waals surface area contributed by atoms with Crippen LogP contribution in [0, 0.1) is 0 Å². The van der Waals surface area contributed by atoms with Crippen LogP contribution < -0.4 is 20.5 Å². The van der Waals surface area contributed by atoms with Gasteiger partial charge in [-0.25, -0.2) is 0 Å². The zero-order valence-electron chi connectivity index (χ0n) is 8.13. The van der Waals surface area contributed by atoms with Crippen molar-refractivity contribution in [2.45, 2.75) is 27.3 Å². The SMILES string of the molecule is CCn1c(=C(C)C)s/c(=C\N)c1=O. The Balaban J connectivity index is 3.78. The summed E-state index contributed by atoms with van der Waals surface area (Å²) >= 11 is 1.45. The molecule has 13 heavy (non-hydrogen) atoms. The van der Waals surface area contributed by atoms with Crippen molar-refractivity contribution >= 4 is 23.1 Å². The zero-order chi connectivity index (χ0) is 10.0. The van der Waals surface area contributed by atoms with Gasteiger partial charge in [-0.3, -0.25) is 9.36 Å². The number of nitrogens with zero attached hydrogens (tertiary/aromatic N) is 1. The molecule has 1 aromatic rings. The predicted octanol–water partition coefficient (Wildman–Crippen LogP) is -0.183. The van der Waals surface area contributed by atoms with Crippen LogP contribution in [0.25, 0.3) is 11.8 Å². The molecular formula is C9H14N2OS. The summed E-state index contributed by atoms with van der Waals surface area (Å²) < 4.78 is 3.39. The van der Waals surface area contributed by atoms with Gasteiger partial charge in [0.1, 0.15) is 4.53 Å². The average molecular weight is 198 g/mol. The van der Waals surface area contributed by atoms with Crippen LogP contribution in [0.4, 0.5) is 0 Å². The van der Waals surface area contributed by atoms with E-state index in [-0.39, 0.29) is 5.56 Å². The number of hydrogen-bond donors (Lipinski definition) is 1. The van der Waals surface area contributed by atoms with E-state index in [1.807, 2.05) is 20.8 Å². The lowest BCUT2D eigenvalue weighted by molar-refractivity contribution is 0.720. The molecule has 0 saturated heterocycles. The van der Waals surface area contributed by atoms with Gasteiger partial charge in [0.2, 0.25) is 0 Å². The van der Waals surface area contributed by atoms with Gasteiger partial charge >= 0.3 is 0 Å². The topological polar surface area (TPSA) is 48.0 Å². The Morgan fingerprint density at radius 2 is 2.23 bits per heavy atom. The first-order chi connectivity index (χ1) is 6.11. The van der Waals surface area contributed by atoms with Crippen molar-refractivity contribution in [1.29, 1.82) is 0 Å². The monoisotopic (exact) mass is 198 g/mol. The van der Waals surface area contributed by atoms with Crippen LogP contribution in [0.15, 0.2) is 4.79 Å². The maximum atomic E-state index is 11.6. The quantitative estimate of drug-likeness (QED) is 0.680. The molecular weight excluding hydrogens is 184 g/mol. The van der Waals surface area contributed by atoms with Crippen LogP contribution in [0.2, 0.25) is 0 Å². The fourth-order valence-electron chi connectivity index (χ4n) is 1.19. The second-order valence-corrected chi connectivity index (χ2v) is 4.02. The number of nitrogens with two attached hydrogens (primary N) is 1. The summed E-state index contributed by atoms with van der Waals surface area (Å²) in [4.78, 5) is 11.6. The van der Waals surface area contributed by atoms with Crippen LogP contribution in [-0.4, -0.2) is 4.57 Å². The molecule has 0 spiro atoms. The molecule has 0 aliphatic heterocycles. The third kappa shape index (κ3) is 1.67. The van der Waals surface area contributed by atoms with Crippen molar-refractivity contribution in [2.75, 3.05) is 0 Å². The molecule has 72 valence electrons. The number of thiazole rings is 1. The van der Waals surface area contributed by atoms with Crippen molar-refractivity contribution in [1.82, 2.24) is 4.57 Å². The molecule has 0 bridgehead atoms. The van der Waals surface area contributed by atoms with Crippen LogP contribution in [0.5, 0.6) is 0 Å². The highest BCUT2D eigenvalue weighted by Gasteiger charge is 2.01. The van der Waals surface area contributed by atoms with E-state index in [9.17, 15) is 4.79 Å². The summed E-state index contributed by atoms with van der Waals surface area (Å²) in [5, 5.41) is 0. The summed E-state index contributed by atoms with van der Waals surface area (Å²) in [6.07, 6.45) is 1.38. The molecule has 0 unspecified atom stereocenters. The smallest absolute Gasteiger partial charge is 0.270 e. The zero-order valence-corrected chi connectivity index (χ0v) is 8.94. The number of rotatable bonds is 1. The minimum absolute atomic E-state index is 0.0196. The Kier molecular flexibility index (Phi) is 2.93. The summed E-state index contributed by atoms with van der Waals surface area (Å²) in [6.45, 7) is 6.65. The van der Waals surface area contributed by atoms with Crippen LogP contribution in [0.1, 0.15) is 20.8 Å². The highest BCUT2D eigenvalue weighted by atomic mass is 32.1. The fraction of sp³-hybridized carbons (Fsp3) is 0.444. The van der Waals surface area contributed by atoms with E-state index >= 15 is 0 Å². The minimum atomic E-state index is 0.0196. The summed E-state index contributed by atoms with van der Waals surface area (Å²) in [6, 6.07) is 0. The standard InChI is InChI=1S/C9H14N2OS/c1-4-11-8(12)7(5-10)13-9(11)6(2)3/h5H,4,10H2,1-3H3/b7-5-. The number of hydrogen-bond acceptors (Lipinski definition) is 3. The van der Waals surface area contributed by atoms with E-state index < -0.39 is 0 Å². The third-order valence-corrected chi connectivity index (χ3v) is 3.16. The Morgan fingerprint density at radius 1 is 1.62 bits per heavy atom. The highest BCUT2D eigenvalue weighted by molar-refractivity contribution is 7.07. The van der Waals surface area contributed by atoms with Gasteiger partial charge in [0.25, 0.3) is 5.56 Å². The van der Waals surface area contributed by atoms with E-state index in [0.29, 0.717) is 11.1 Å². The lowest BCUT2D eigenvalue weighted by Crippen LogP contribution is -2.31. The molecule has 0 radical (unpaired) electrons. The molecule has 0 aromatic carbocycles. The van der Waals surface area contributed by atoms with Crippen molar-refractivity contribution in [3.8, 4) is 0 Å². The summed E-state index contributed by atoms with van der Waals surface area (Å²) in [7, 11) is 0. The largest absolute Gasteiger partial charge is 0.403 e. The van der Waals surface area contributed by atoms with E-state index in [1.54, 1.807) is 4.57 Å². The van der Waals surface area contributed by atoms with Gasteiger partial charge in [-0.1, -0.05) is 0 Å². The molecule has 4 heteroatoms. The Morgan fingerprint density at radius 3 is 2.54 bits per heavy atom. The first kappa shape index (κ1) is 10.1.